The van der Waals surface area contributed by atoms with Gasteiger partial charge in [0.25, 0.3) is 0 Å². The maximum absolute atomic E-state index is 12.0. The number of β-lactam (4-membered cyclic amide) rings is 1. The lowest BCUT2D eigenvalue weighted by Crippen LogP contribution is -2.70. The first kappa shape index (κ1) is 16.2. The van der Waals surface area contributed by atoms with Crippen molar-refractivity contribution < 1.29 is 14.3 Å². The summed E-state index contributed by atoms with van der Waals surface area (Å²) < 4.78 is 7.10. The molecule has 0 radical (unpaired) electrons. The summed E-state index contributed by atoms with van der Waals surface area (Å²) in [5.74, 6) is -0.123. The van der Waals surface area contributed by atoms with Crippen LogP contribution < -0.4 is 0 Å². The van der Waals surface area contributed by atoms with E-state index < -0.39 is 8.24 Å². The lowest BCUT2D eigenvalue weighted by atomic mass is 10.1. The van der Waals surface area contributed by atoms with Gasteiger partial charge < -0.3 is 9.30 Å². The van der Waals surface area contributed by atoms with Gasteiger partial charge in [0, 0.05) is 0 Å². The van der Waals surface area contributed by atoms with Gasteiger partial charge in [-0.15, -0.1) is 0 Å². The Hall–Kier alpha value is -0.843. The van der Waals surface area contributed by atoms with Crippen LogP contribution in [0.4, 0.5) is 0 Å². The van der Waals surface area contributed by atoms with E-state index in [1.807, 2.05) is 4.57 Å². The van der Waals surface area contributed by atoms with E-state index in [1.165, 1.54) is 0 Å². The number of rotatable bonds is 5. The van der Waals surface area contributed by atoms with E-state index in [-0.39, 0.29) is 23.0 Å². The molecule has 1 aliphatic rings. The molecule has 0 aromatic heterocycles. The van der Waals surface area contributed by atoms with Crippen molar-refractivity contribution in [1.29, 1.82) is 0 Å². The van der Waals surface area contributed by atoms with E-state index in [2.05, 4.69) is 40.8 Å². The molecule has 1 rings (SSSR count). The molecular formula is C14H27NO3Si. The fourth-order valence-corrected chi connectivity index (χ4v) is 4.49. The maximum atomic E-state index is 12.0. The first-order chi connectivity index (χ1) is 8.63. The van der Waals surface area contributed by atoms with Gasteiger partial charge in [0.2, 0.25) is 5.91 Å². The fraction of sp³-hybridized carbons (Fsp3) is 0.857. The molecule has 1 amide bonds. The molecule has 1 atom stereocenters. The van der Waals surface area contributed by atoms with Crippen LogP contribution >= 0.6 is 0 Å². The Morgan fingerprint density at radius 1 is 1.42 bits per heavy atom. The molecule has 0 aromatic rings. The van der Waals surface area contributed by atoms with Crippen molar-refractivity contribution in [2.75, 3.05) is 6.61 Å². The highest BCUT2D eigenvalue weighted by Crippen LogP contribution is 2.43. The van der Waals surface area contributed by atoms with Gasteiger partial charge in [-0.2, -0.15) is 0 Å². The van der Waals surface area contributed by atoms with E-state index >= 15 is 0 Å². The smallest absolute Gasteiger partial charge is 0.328 e. The van der Waals surface area contributed by atoms with Gasteiger partial charge in [-0.25, -0.2) is 4.79 Å². The SMILES string of the molecule is CCCCOC(=O)C1CC(=O)N1[Si](C)(C)C(C)(C)C. The first-order valence-electron chi connectivity index (χ1n) is 7.11. The molecule has 1 unspecified atom stereocenters. The van der Waals surface area contributed by atoms with Crippen LogP contribution in [0.3, 0.4) is 0 Å². The third-order valence-corrected chi connectivity index (χ3v) is 9.84. The molecule has 4 nitrogen and oxygen atoms in total. The molecule has 0 N–H and O–H groups in total. The summed E-state index contributed by atoms with van der Waals surface area (Å²) in [5, 5.41) is 0.0467. The number of esters is 1. The second-order valence-electron chi connectivity index (χ2n) is 6.81. The first-order valence-corrected chi connectivity index (χ1v) is 10.1. The normalized spacial score (nSPS) is 20.2. The van der Waals surface area contributed by atoms with Crippen molar-refractivity contribution in [1.82, 2.24) is 4.57 Å². The zero-order valence-corrected chi connectivity index (χ0v) is 14.1. The van der Waals surface area contributed by atoms with E-state index in [9.17, 15) is 9.59 Å². The largest absolute Gasteiger partial charge is 0.464 e. The number of hydrogen-bond acceptors (Lipinski definition) is 3. The fourth-order valence-electron chi connectivity index (χ4n) is 2.08. The molecule has 0 saturated carbocycles. The van der Waals surface area contributed by atoms with Crippen molar-refractivity contribution in [2.45, 2.75) is 71.1 Å². The minimum Gasteiger partial charge on any atom is -0.464 e. The number of nitrogens with zero attached hydrogens (tertiary/aromatic N) is 1. The predicted octanol–water partition coefficient (Wildman–Crippen LogP) is 2.94. The van der Waals surface area contributed by atoms with Gasteiger partial charge in [-0.3, -0.25) is 4.79 Å². The number of carbonyl (C=O) groups excluding carboxylic acids is 2. The zero-order valence-electron chi connectivity index (χ0n) is 13.1. The number of carbonyl (C=O) groups is 2. The highest BCUT2D eigenvalue weighted by molar-refractivity contribution is 6.80. The Morgan fingerprint density at radius 2 is 2.00 bits per heavy atom. The van der Waals surface area contributed by atoms with E-state index in [0.29, 0.717) is 13.0 Å². The van der Waals surface area contributed by atoms with Crippen LogP contribution in [0.15, 0.2) is 0 Å². The van der Waals surface area contributed by atoms with Gasteiger partial charge in [0.1, 0.15) is 6.04 Å². The van der Waals surface area contributed by atoms with Crippen LogP contribution in [0.1, 0.15) is 47.0 Å². The molecule has 0 aromatic carbocycles. The van der Waals surface area contributed by atoms with Gasteiger partial charge in [0.05, 0.1) is 13.0 Å². The number of unbranched alkanes of at least 4 members (excludes halogenated alkanes) is 1. The molecule has 5 heteroatoms. The number of ether oxygens (including phenoxy) is 1. The Morgan fingerprint density at radius 3 is 2.42 bits per heavy atom. The molecule has 19 heavy (non-hydrogen) atoms. The lowest BCUT2D eigenvalue weighted by molar-refractivity contribution is -0.161. The second kappa shape index (κ2) is 5.65. The minimum atomic E-state index is -1.97. The third kappa shape index (κ3) is 3.19. The summed E-state index contributed by atoms with van der Waals surface area (Å²) in [5.41, 5.74) is 0. The summed E-state index contributed by atoms with van der Waals surface area (Å²) in [6.07, 6.45) is 2.20. The molecular weight excluding hydrogens is 258 g/mol. The topological polar surface area (TPSA) is 46.6 Å². The molecule has 1 aliphatic heterocycles. The van der Waals surface area contributed by atoms with Crippen LogP contribution in [-0.2, 0) is 14.3 Å². The summed E-state index contributed by atoms with van der Waals surface area (Å²) in [4.78, 5) is 24.0. The number of amides is 1. The molecule has 1 saturated heterocycles. The monoisotopic (exact) mass is 285 g/mol. The highest BCUT2D eigenvalue weighted by Gasteiger charge is 2.54. The van der Waals surface area contributed by atoms with Gasteiger partial charge in [-0.05, 0) is 11.5 Å². The third-order valence-electron chi connectivity index (χ3n) is 4.40. The average Bonchev–Trinajstić information content (AvgIpc) is 2.23. The van der Waals surface area contributed by atoms with Crippen molar-refractivity contribution in [3.8, 4) is 0 Å². The summed E-state index contributed by atoms with van der Waals surface area (Å²) in [6, 6.07) is -0.342. The van der Waals surface area contributed by atoms with Crippen molar-refractivity contribution in [3.63, 3.8) is 0 Å². The van der Waals surface area contributed by atoms with Crippen LogP contribution in [0, 0.1) is 0 Å². The van der Waals surface area contributed by atoms with E-state index in [0.717, 1.165) is 12.8 Å². The second-order valence-corrected chi connectivity index (χ2v) is 11.9. The van der Waals surface area contributed by atoms with Crippen LogP contribution in [0.2, 0.25) is 18.1 Å². The van der Waals surface area contributed by atoms with Gasteiger partial charge >= 0.3 is 5.97 Å². The number of hydrogen-bond donors (Lipinski definition) is 0. The van der Waals surface area contributed by atoms with Gasteiger partial charge in [-0.1, -0.05) is 47.2 Å². The summed E-state index contributed by atoms with van der Waals surface area (Å²) in [6.45, 7) is 13.2. The standard InChI is InChI=1S/C14H27NO3Si/c1-7-8-9-18-13(17)11-10-12(16)15(11)19(5,6)14(2,3)4/h11H,7-10H2,1-6H3. The van der Waals surface area contributed by atoms with Crippen LogP contribution in [-0.4, -0.2) is 37.3 Å². The van der Waals surface area contributed by atoms with Crippen LogP contribution in [0.25, 0.3) is 0 Å². The maximum Gasteiger partial charge on any atom is 0.328 e. The summed E-state index contributed by atoms with van der Waals surface area (Å²) >= 11 is 0. The van der Waals surface area contributed by atoms with Crippen LogP contribution in [0.5, 0.6) is 0 Å². The quantitative estimate of drug-likeness (QED) is 0.338. The zero-order chi connectivity index (χ0) is 14.8. The lowest BCUT2D eigenvalue weighted by Gasteiger charge is -2.53. The van der Waals surface area contributed by atoms with Crippen molar-refractivity contribution in [2.24, 2.45) is 0 Å². The van der Waals surface area contributed by atoms with E-state index in [4.69, 9.17) is 4.74 Å². The molecule has 1 fully saturated rings. The van der Waals surface area contributed by atoms with Gasteiger partial charge in [0.15, 0.2) is 8.24 Å². The predicted molar refractivity (Wildman–Crippen MR) is 78.3 cm³/mol. The van der Waals surface area contributed by atoms with Crippen molar-refractivity contribution in [3.05, 3.63) is 0 Å². The molecule has 0 aliphatic carbocycles. The Bertz CT molecular complexity index is 360. The molecule has 0 bridgehead atoms. The highest BCUT2D eigenvalue weighted by atomic mass is 28.3. The van der Waals surface area contributed by atoms with Crippen molar-refractivity contribution >= 4 is 20.1 Å². The average molecular weight is 285 g/mol. The Balaban J connectivity index is 2.72. The minimum absolute atomic E-state index is 0.0467. The molecule has 0 spiro atoms. The Kier molecular flexibility index (Phi) is 4.82. The Labute approximate surface area is 117 Å². The van der Waals surface area contributed by atoms with E-state index in [1.54, 1.807) is 0 Å². The summed E-state index contributed by atoms with van der Waals surface area (Å²) in [7, 11) is -1.97. The molecule has 1 heterocycles. The molecule has 110 valence electrons.